The summed E-state index contributed by atoms with van der Waals surface area (Å²) in [6.45, 7) is 10.8. The fourth-order valence-corrected chi connectivity index (χ4v) is 3.36. The van der Waals surface area contributed by atoms with E-state index < -0.39 is 0 Å². The minimum atomic E-state index is -0.0137. The van der Waals surface area contributed by atoms with Crippen molar-refractivity contribution in [2.45, 2.75) is 20.3 Å². The van der Waals surface area contributed by atoms with E-state index in [-0.39, 0.29) is 11.8 Å². The molecule has 1 aromatic rings. The molecule has 0 saturated carbocycles. The highest BCUT2D eigenvalue weighted by atomic mass is 16.5. The monoisotopic (exact) mass is 362 g/mol. The first-order chi connectivity index (χ1) is 12.4. The molecule has 0 bridgehead atoms. The first kappa shape index (κ1) is 19.9. The molecule has 6 heteroatoms. The van der Waals surface area contributed by atoms with Crippen molar-refractivity contribution in [1.82, 2.24) is 4.90 Å². The molecule has 1 heterocycles. The lowest BCUT2D eigenvalue weighted by atomic mass is 10.0. The smallest absolute Gasteiger partial charge is 0.225 e. The van der Waals surface area contributed by atoms with Crippen molar-refractivity contribution in [2.75, 3.05) is 52.4 Å². The van der Waals surface area contributed by atoms with Gasteiger partial charge in [-0.2, -0.15) is 0 Å². The van der Waals surface area contributed by atoms with Gasteiger partial charge in [0.05, 0.1) is 21.3 Å². The Balaban J connectivity index is 2.08. The molecule has 0 N–H and O–H groups in total. The van der Waals surface area contributed by atoms with Crippen LogP contribution in [0.25, 0.3) is 0 Å². The van der Waals surface area contributed by atoms with Gasteiger partial charge in [0.1, 0.15) is 0 Å². The molecule has 1 unspecified atom stereocenters. The summed E-state index contributed by atoms with van der Waals surface area (Å²) in [5.41, 5.74) is 2.04. The van der Waals surface area contributed by atoms with E-state index >= 15 is 0 Å². The van der Waals surface area contributed by atoms with Crippen LogP contribution in [0.4, 0.5) is 5.69 Å². The zero-order valence-electron chi connectivity index (χ0n) is 16.5. The molecule has 1 saturated heterocycles. The minimum absolute atomic E-state index is 0.0137. The number of piperazine rings is 1. The molecule has 1 aliphatic heterocycles. The van der Waals surface area contributed by atoms with Crippen molar-refractivity contribution in [2.24, 2.45) is 5.92 Å². The number of hydrogen-bond acceptors (Lipinski definition) is 5. The minimum Gasteiger partial charge on any atom is -0.493 e. The summed E-state index contributed by atoms with van der Waals surface area (Å²) in [4.78, 5) is 16.8. The first-order valence-electron chi connectivity index (χ1n) is 8.89. The lowest BCUT2D eigenvalue weighted by Gasteiger charge is -2.37. The number of rotatable bonds is 7. The normalized spacial score (nSPS) is 15.4. The van der Waals surface area contributed by atoms with E-state index in [0.717, 1.165) is 30.8 Å². The zero-order valence-corrected chi connectivity index (χ0v) is 16.5. The van der Waals surface area contributed by atoms with Gasteiger partial charge in [0, 0.05) is 49.9 Å². The molecular formula is C20H30N2O4. The van der Waals surface area contributed by atoms with Gasteiger partial charge in [-0.3, -0.25) is 4.79 Å². The average molecular weight is 362 g/mol. The summed E-state index contributed by atoms with van der Waals surface area (Å²) >= 11 is 0. The van der Waals surface area contributed by atoms with E-state index in [1.807, 2.05) is 30.9 Å². The molecule has 0 aliphatic carbocycles. The van der Waals surface area contributed by atoms with Crippen LogP contribution < -0.4 is 19.1 Å². The van der Waals surface area contributed by atoms with Crippen molar-refractivity contribution >= 4 is 11.6 Å². The van der Waals surface area contributed by atoms with Crippen LogP contribution in [0.5, 0.6) is 17.2 Å². The van der Waals surface area contributed by atoms with Gasteiger partial charge >= 0.3 is 0 Å². The quantitative estimate of drug-likeness (QED) is 0.698. The van der Waals surface area contributed by atoms with Gasteiger partial charge in [-0.25, -0.2) is 0 Å². The number of benzene rings is 1. The summed E-state index contributed by atoms with van der Waals surface area (Å²) in [6, 6.07) is 3.89. The van der Waals surface area contributed by atoms with E-state index in [2.05, 4.69) is 11.5 Å². The SMILES string of the molecule is C=C(C)CC(C)C(=O)N1CCN(c2cc(OC)c(OC)c(OC)c2)CC1. The molecule has 1 fully saturated rings. The van der Waals surface area contributed by atoms with Crippen LogP contribution in [0, 0.1) is 5.92 Å². The van der Waals surface area contributed by atoms with Crippen molar-refractivity contribution in [1.29, 1.82) is 0 Å². The molecule has 26 heavy (non-hydrogen) atoms. The van der Waals surface area contributed by atoms with Crippen molar-refractivity contribution in [3.8, 4) is 17.2 Å². The molecule has 1 aliphatic rings. The van der Waals surface area contributed by atoms with E-state index in [1.165, 1.54) is 0 Å². The lowest BCUT2D eigenvalue weighted by Crippen LogP contribution is -2.50. The number of carbonyl (C=O) groups excluding carboxylic acids is 1. The molecule has 144 valence electrons. The molecule has 0 radical (unpaired) electrons. The van der Waals surface area contributed by atoms with E-state index in [9.17, 15) is 4.79 Å². The van der Waals surface area contributed by atoms with Gasteiger partial charge < -0.3 is 24.0 Å². The average Bonchev–Trinajstić information content (AvgIpc) is 2.65. The van der Waals surface area contributed by atoms with E-state index in [4.69, 9.17) is 14.2 Å². The number of amides is 1. The van der Waals surface area contributed by atoms with Gasteiger partial charge in [-0.05, 0) is 13.3 Å². The Kier molecular flexibility index (Phi) is 6.77. The third-order valence-corrected chi connectivity index (χ3v) is 4.68. The highest BCUT2D eigenvalue weighted by Crippen LogP contribution is 2.41. The van der Waals surface area contributed by atoms with Gasteiger partial charge in [-0.1, -0.05) is 12.5 Å². The second-order valence-corrected chi connectivity index (χ2v) is 6.76. The zero-order chi connectivity index (χ0) is 19.3. The number of nitrogens with zero attached hydrogens (tertiary/aromatic N) is 2. The Morgan fingerprint density at radius 3 is 2.04 bits per heavy atom. The molecule has 1 aromatic carbocycles. The molecule has 1 atom stereocenters. The number of methoxy groups -OCH3 is 3. The van der Waals surface area contributed by atoms with Crippen LogP contribution in [-0.2, 0) is 4.79 Å². The largest absolute Gasteiger partial charge is 0.493 e. The maximum atomic E-state index is 12.6. The summed E-state index contributed by atoms with van der Waals surface area (Å²) in [5.74, 6) is 2.05. The Morgan fingerprint density at radius 2 is 1.62 bits per heavy atom. The Labute approximate surface area is 156 Å². The number of carbonyl (C=O) groups is 1. The summed E-state index contributed by atoms with van der Waals surface area (Å²) in [5, 5.41) is 0. The van der Waals surface area contributed by atoms with Crippen LogP contribution in [0.1, 0.15) is 20.3 Å². The highest BCUT2D eigenvalue weighted by Gasteiger charge is 2.26. The van der Waals surface area contributed by atoms with Gasteiger partial charge in [0.2, 0.25) is 11.7 Å². The van der Waals surface area contributed by atoms with Gasteiger partial charge in [-0.15, -0.1) is 6.58 Å². The Bertz CT molecular complexity index is 626. The predicted molar refractivity (Wildman–Crippen MR) is 103 cm³/mol. The summed E-state index contributed by atoms with van der Waals surface area (Å²) in [7, 11) is 4.82. The number of allylic oxidation sites excluding steroid dienone is 1. The topological polar surface area (TPSA) is 51.2 Å². The van der Waals surface area contributed by atoms with Crippen LogP contribution >= 0.6 is 0 Å². The first-order valence-corrected chi connectivity index (χ1v) is 8.89. The summed E-state index contributed by atoms with van der Waals surface area (Å²) < 4.78 is 16.2. The molecule has 0 spiro atoms. The van der Waals surface area contributed by atoms with Crippen molar-refractivity contribution < 1.29 is 19.0 Å². The Morgan fingerprint density at radius 1 is 1.08 bits per heavy atom. The number of hydrogen-bond donors (Lipinski definition) is 0. The second-order valence-electron chi connectivity index (χ2n) is 6.76. The van der Waals surface area contributed by atoms with Crippen LogP contribution in [0.2, 0.25) is 0 Å². The predicted octanol–water partition coefficient (Wildman–Crippen LogP) is 2.96. The molecule has 1 amide bonds. The van der Waals surface area contributed by atoms with E-state index in [0.29, 0.717) is 30.3 Å². The Hall–Kier alpha value is -2.37. The molecular weight excluding hydrogens is 332 g/mol. The number of anilines is 1. The van der Waals surface area contributed by atoms with Crippen LogP contribution in [-0.4, -0.2) is 58.3 Å². The third kappa shape index (κ3) is 4.42. The summed E-state index contributed by atoms with van der Waals surface area (Å²) in [6.07, 6.45) is 0.742. The van der Waals surface area contributed by atoms with Crippen molar-refractivity contribution in [3.05, 3.63) is 24.3 Å². The third-order valence-electron chi connectivity index (χ3n) is 4.68. The van der Waals surface area contributed by atoms with Gasteiger partial charge in [0.25, 0.3) is 0 Å². The lowest BCUT2D eigenvalue weighted by molar-refractivity contribution is -0.135. The van der Waals surface area contributed by atoms with Gasteiger partial charge in [0.15, 0.2) is 11.5 Å². The fourth-order valence-electron chi connectivity index (χ4n) is 3.36. The molecule has 0 aromatic heterocycles. The fraction of sp³-hybridized carbons (Fsp3) is 0.550. The maximum absolute atomic E-state index is 12.6. The standard InChI is InChI=1S/C20H30N2O4/c1-14(2)11-15(3)20(23)22-9-7-21(8-10-22)16-12-17(24-4)19(26-6)18(13-16)25-5/h12-13,15H,1,7-11H2,2-6H3. The van der Waals surface area contributed by atoms with Crippen molar-refractivity contribution in [3.63, 3.8) is 0 Å². The molecule has 2 rings (SSSR count). The second kappa shape index (κ2) is 8.83. The molecule has 6 nitrogen and oxygen atoms in total. The van der Waals surface area contributed by atoms with E-state index in [1.54, 1.807) is 21.3 Å². The van der Waals surface area contributed by atoms with Crippen LogP contribution in [0.3, 0.4) is 0 Å². The highest BCUT2D eigenvalue weighted by molar-refractivity contribution is 5.79. The number of ether oxygens (including phenoxy) is 3. The maximum Gasteiger partial charge on any atom is 0.225 e. The van der Waals surface area contributed by atoms with Crippen LogP contribution in [0.15, 0.2) is 24.3 Å².